The van der Waals surface area contributed by atoms with Gasteiger partial charge in [0.2, 0.25) is 0 Å². The molecule has 0 aliphatic heterocycles. The quantitative estimate of drug-likeness (QED) is 0.691. The lowest BCUT2D eigenvalue weighted by atomic mass is 9.97. The summed E-state index contributed by atoms with van der Waals surface area (Å²) in [7, 11) is 0. The van der Waals surface area contributed by atoms with Crippen molar-refractivity contribution in [3.63, 3.8) is 0 Å². The summed E-state index contributed by atoms with van der Waals surface area (Å²) in [6.07, 6.45) is 0.0147. The summed E-state index contributed by atoms with van der Waals surface area (Å²) >= 11 is 0. The molecule has 0 heterocycles. The number of rotatable bonds is 4. The van der Waals surface area contributed by atoms with Gasteiger partial charge in [0, 0.05) is 6.04 Å². The van der Waals surface area contributed by atoms with Gasteiger partial charge in [-0.1, -0.05) is 29.3 Å². The smallest absolute Gasteiger partial charge is 0.0941 e. The monoisotopic (exact) mass is 208 g/mol. The zero-order valence-corrected chi connectivity index (χ0v) is 9.40. The van der Waals surface area contributed by atoms with Crippen molar-refractivity contribution in [2.45, 2.75) is 32.4 Å². The van der Waals surface area contributed by atoms with Gasteiger partial charge in [-0.2, -0.15) is 0 Å². The first kappa shape index (κ1) is 12.2. The first-order chi connectivity index (χ1) is 7.04. The Kier molecular flexibility index (Phi) is 4.27. The molecule has 5 N–H and O–H groups in total. The average molecular weight is 208 g/mol. The third kappa shape index (κ3) is 3.30. The summed E-state index contributed by atoms with van der Waals surface area (Å²) in [4.78, 5) is 0. The van der Waals surface area contributed by atoms with Gasteiger partial charge in [0.15, 0.2) is 0 Å². The molecule has 0 fully saturated rings. The van der Waals surface area contributed by atoms with E-state index < -0.39 is 6.10 Å². The number of hydrogen-bond acceptors (Lipinski definition) is 3. The topological polar surface area (TPSA) is 72.3 Å². The van der Waals surface area contributed by atoms with Gasteiger partial charge in [0.05, 0.1) is 6.10 Å². The fourth-order valence-corrected chi connectivity index (χ4v) is 1.78. The summed E-state index contributed by atoms with van der Waals surface area (Å²) in [5.74, 6) is 0. The van der Waals surface area contributed by atoms with Gasteiger partial charge >= 0.3 is 0 Å². The van der Waals surface area contributed by atoms with Gasteiger partial charge in [-0.25, -0.2) is 0 Å². The Morgan fingerprint density at radius 1 is 1.20 bits per heavy atom. The molecule has 84 valence electrons. The van der Waals surface area contributed by atoms with E-state index in [1.165, 1.54) is 0 Å². The molecule has 0 amide bonds. The van der Waals surface area contributed by atoms with Crippen LogP contribution in [0.3, 0.4) is 0 Å². The Hall–Kier alpha value is -0.900. The number of hydrogen-bond donors (Lipinski definition) is 3. The number of aryl methyl sites for hydroxylation is 2. The number of benzene rings is 1. The largest absolute Gasteiger partial charge is 0.387 e. The fourth-order valence-electron chi connectivity index (χ4n) is 1.78. The van der Waals surface area contributed by atoms with Gasteiger partial charge in [0.25, 0.3) is 0 Å². The summed E-state index contributed by atoms with van der Waals surface area (Å²) in [5, 5.41) is 9.99. The van der Waals surface area contributed by atoms with E-state index >= 15 is 0 Å². The molecule has 2 atom stereocenters. The molecule has 2 unspecified atom stereocenters. The van der Waals surface area contributed by atoms with Crippen LogP contribution in [0.1, 0.15) is 29.2 Å². The van der Waals surface area contributed by atoms with Crippen LogP contribution in [-0.2, 0) is 0 Å². The Morgan fingerprint density at radius 3 is 2.20 bits per heavy atom. The normalized spacial score (nSPS) is 15.0. The van der Waals surface area contributed by atoms with Gasteiger partial charge in [0.1, 0.15) is 0 Å². The lowest BCUT2D eigenvalue weighted by Crippen LogP contribution is -2.30. The van der Waals surface area contributed by atoms with E-state index in [0.29, 0.717) is 13.0 Å². The Balaban J connectivity index is 2.85. The molecule has 3 heteroatoms. The maximum atomic E-state index is 9.99. The van der Waals surface area contributed by atoms with Gasteiger partial charge in [-0.3, -0.25) is 0 Å². The summed E-state index contributed by atoms with van der Waals surface area (Å²) in [6.45, 7) is 4.53. The SMILES string of the molecule is Cc1cc(C)cc(C(O)C(N)CCN)c1. The van der Waals surface area contributed by atoms with E-state index in [9.17, 15) is 5.11 Å². The number of aliphatic hydroxyl groups excluding tert-OH is 1. The first-order valence-electron chi connectivity index (χ1n) is 5.26. The van der Waals surface area contributed by atoms with Crippen molar-refractivity contribution in [3.05, 3.63) is 34.9 Å². The van der Waals surface area contributed by atoms with Gasteiger partial charge in [-0.05, 0) is 32.4 Å². The average Bonchev–Trinajstić information content (AvgIpc) is 2.15. The molecule has 0 radical (unpaired) electrons. The minimum atomic E-state index is -0.618. The van der Waals surface area contributed by atoms with E-state index in [0.717, 1.165) is 16.7 Å². The first-order valence-corrected chi connectivity index (χ1v) is 5.26. The zero-order valence-electron chi connectivity index (χ0n) is 9.40. The van der Waals surface area contributed by atoms with Crippen LogP contribution in [0, 0.1) is 13.8 Å². The highest BCUT2D eigenvalue weighted by Crippen LogP contribution is 2.20. The third-order valence-corrected chi connectivity index (χ3v) is 2.49. The van der Waals surface area contributed by atoms with Crippen LogP contribution in [0.15, 0.2) is 18.2 Å². The second-order valence-electron chi connectivity index (χ2n) is 4.11. The summed E-state index contributed by atoms with van der Waals surface area (Å²) < 4.78 is 0. The second kappa shape index (κ2) is 5.26. The van der Waals surface area contributed by atoms with Crippen molar-refractivity contribution >= 4 is 0 Å². The number of nitrogens with two attached hydrogens (primary N) is 2. The summed E-state index contributed by atoms with van der Waals surface area (Å²) in [6, 6.07) is 5.73. The minimum Gasteiger partial charge on any atom is -0.387 e. The molecule has 0 bridgehead atoms. The molecule has 1 rings (SSSR count). The predicted molar refractivity (Wildman–Crippen MR) is 62.5 cm³/mol. The van der Waals surface area contributed by atoms with Crippen LogP contribution >= 0.6 is 0 Å². The molecule has 15 heavy (non-hydrogen) atoms. The second-order valence-corrected chi connectivity index (χ2v) is 4.11. The van der Waals surface area contributed by atoms with Gasteiger partial charge < -0.3 is 16.6 Å². The molecule has 0 aliphatic rings. The maximum absolute atomic E-state index is 9.99. The van der Waals surface area contributed by atoms with Crippen molar-refractivity contribution in [1.82, 2.24) is 0 Å². The molecule has 0 aromatic heterocycles. The van der Waals surface area contributed by atoms with E-state index in [1.807, 2.05) is 26.0 Å². The molecular formula is C12H20N2O. The van der Waals surface area contributed by atoms with Crippen molar-refractivity contribution in [3.8, 4) is 0 Å². The third-order valence-electron chi connectivity index (χ3n) is 2.49. The maximum Gasteiger partial charge on any atom is 0.0941 e. The van der Waals surface area contributed by atoms with Crippen LogP contribution in [0.25, 0.3) is 0 Å². The van der Waals surface area contributed by atoms with Crippen molar-refractivity contribution in [1.29, 1.82) is 0 Å². The van der Waals surface area contributed by atoms with Crippen LogP contribution in [0.2, 0.25) is 0 Å². The standard InChI is InChI=1S/C12H20N2O/c1-8-5-9(2)7-10(6-8)12(15)11(14)3-4-13/h5-7,11-12,15H,3-4,13-14H2,1-2H3. The Morgan fingerprint density at radius 2 is 1.73 bits per heavy atom. The fraction of sp³-hybridized carbons (Fsp3) is 0.500. The molecular weight excluding hydrogens is 188 g/mol. The van der Waals surface area contributed by atoms with E-state index in [1.54, 1.807) is 0 Å². The molecule has 0 saturated heterocycles. The Labute approximate surface area is 91.1 Å². The lowest BCUT2D eigenvalue weighted by Gasteiger charge is -2.19. The minimum absolute atomic E-state index is 0.281. The molecule has 3 nitrogen and oxygen atoms in total. The van der Waals surface area contributed by atoms with Crippen molar-refractivity contribution in [2.24, 2.45) is 11.5 Å². The van der Waals surface area contributed by atoms with Crippen LogP contribution in [0.5, 0.6) is 0 Å². The number of aliphatic hydroxyl groups is 1. The van der Waals surface area contributed by atoms with Gasteiger partial charge in [-0.15, -0.1) is 0 Å². The zero-order chi connectivity index (χ0) is 11.4. The van der Waals surface area contributed by atoms with Crippen molar-refractivity contribution in [2.75, 3.05) is 6.54 Å². The molecule has 1 aromatic carbocycles. The van der Waals surface area contributed by atoms with Crippen LogP contribution in [-0.4, -0.2) is 17.7 Å². The Bertz CT molecular complexity index is 305. The molecule has 0 saturated carbocycles. The molecule has 0 aliphatic carbocycles. The predicted octanol–water partition coefficient (Wildman–Crippen LogP) is 1.01. The van der Waals surface area contributed by atoms with E-state index in [2.05, 4.69) is 6.07 Å². The van der Waals surface area contributed by atoms with Crippen LogP contribution in [0.4, 0.5) is 0 Å². The van der Waals surface area contributed by atoms with E-state index in [4.69, 9.17) is 11.5 Å². The molecule has 1 aromatic rings. The van der Waals surface area contributed by atoms with Crippen molar-refractivity contribution < 1.29 is 5.11 Å². The van der Waals surface area contributed by atoms with Crippen LogP contribution < -0.4 is 11.5 Å². The highest BCUT2D eigenvalue weighted by molar-refractivity contribution is 5.30. The molecule has 0 spiro atoms. The highest BCUT2D eigenvalue weighted by Gasteiger charge is 2.16. The lowest BCUT2D eigenvalue weighted by molar-refractivity contribution is 0.143. The summed E-state index contributed by atoms with van der Waals surface area (Å²) in [5.41, 5.74) is 14.4. The highest BCUT2D eigenvalue weighted by atomic mass is 16.3. The van der Waals surface area contributed by atoms with E-state index in [-0.39, 0.29) is 6.04 Å².